The van der Waals surface area contributed by atoms with E-state index in [0.29, 0.717) is 36.9 Å². The fraction of sp³-hybridized carbons (Fsp3) is 0.429. The zero-order chi connectivity index (χ0) is 19.3. The number of carbonyl (C=O) groups excluding carboxylic acids is 1. The Hall–Kier alpha value is -2.07. The van der Waals surface area contributed by atoms with E-state index in [1.165, 1.54) is 6.42 Å². The fourth-order valence-electron chi connectivity index (χ4n) is 3.85. The summed E-state index contributed by atoms with van der Waals surface area (Å²) in [5.74, 6) is 1.36. The molecule has 0 saturated carbocycles. The van der Waals surface area contributed by atoms with Crippen LogP contribution in [0.3, 0.4) is 0 Å². The zero-order valence-electron chi connectivity index (χ0n) is 16.4. The molecule has 3 heterocycles. The molecule has 2 saturated heterocycles. The second-order valence-electron chi connectivity index (χ2n) is 7.25. The molecule has 29 heavy (non-hydrogen) atoms. The van der Waals surface area contributed by atoms with Gasteiger partial charge in [0.2, 0.25) is 0 Å². The van der Waals surface area contributed by atoms with Crippen LogP contribution in [0.5, 0.6) is 0 Å². The van der Waals surface area contributed by atoms with Crippen molar-refractivity contribution < 1.29 is 13.9 Å². The molecule has 0 aliphatic carbocycles. The quantitative estimate of drug-likeness (QED) is 0.316. The molecule has 2 fully saturated rings. The number of hydrogen-bond donors (Lipinski definition) is 3. The number of amides is 1. The first kappa shape index (κ1) is 21.6. The summed E-state index contributed by atoms with van der Waals surface area (Å²) in [5, 5.41) is 9.66. The summed E-state index contributed by atoms with van der Waals surface area (Å²) < 4.78 is 11.1. The van der Waals surface area contributed by atoms with Gasteiger partial charge >= 0.3 is 0 Å². The summed E-state index contributed by atoms with van der Waals surface area (Å²) in [6.07, 6.45) is 5.62. The van der Waals surface area contributed by atoms with Gasteiger partial charge in [0.05, 0.1) is 31.1 Å². The number of ether oxygens (including phenoxy) is 1. The standard InChI is InChI=1S/C21H26N4O3.HI/c1-22-21(25-18-11-16-7-8-19(18)28-16)24-12-14-4-2-5-15(10-14)20(26)23-13-17-6-3-9-27-17;/h2-6,9-10,16,18-19H,7-8,11-13H2,1H3,(H,23,26)(H2,22,24,25);1H. The Balaban J connectivity index is 0.00000240. The first-order chi connectivity index (χ1) is 13.7. The van der Waals surface area contributed by atoms with E-state index in [-0.39, 0.29) is 29.9 Å². The normalized spacial score (nSPS) is 22.8. The summed E-state index contributed by atoms with van der Waals surface area (Å²) in [5.41, 5.74) is 1.63. The van der Waals surface area contributed by atoms with Gasteiger partial charge in [-0.1, -0.05) is 12.1 Å². The van der Waals surface area contributed by atoms with Gasteiger partial charge in [-0.2, -0.15) is 0 Å². The van der Waals surface area contributed by atoms with Crippen LogP contribution in [-0.4, -0.2) is 37.2 Å². The molecule has 2 aliphatic heterocycles. The van der Waals surface area contributed by atoms with E-state index in [4.69, 9.17) is 9.15 Å². The van der Waals surface area contributed by atoms with Gasteiger partial charge in [0.1, 0.15) is 5.76 Å². The molecular formula is C21H27IN4O3. The molecule has 3 N–H and O–H groups in total. The first-order valence-corrected chi connectivity index (χ1v) is 9.73. The van der Waals surface area contributed by atoms with Crippen molar-refractivity contribution in [2.45, 2.75) is 50.6 Å². The third kappa shape index (κ3) is 5.51. The number of halogens is 1. The Morgan fingerprint density at radius 2 is 2.07 bits per heavy atom. The van der Waals surface area contributed by atoms with Gasteiger partial charge in [0, 0.05) is 19.2 Å². The van der Waals surface area contributed by atoms with Crippen molar-refractivity contribution in [2.75, 3.05) is 7.05 Å². The molecule has 0 spiro atoms. The van der Waals surface area contributed by atoms with Gasteiger partial charge in [-0.25, -0.2) is 0 Å². The SMILES string of the molecule is CN=C(NCc1cccc(C(=O)NCc2ccco2)c1)NC1CC2CCC1O2.I. The van der Waals surface area contributed by atoms with E-state index in [9.17, 15) is 4.79 Å². The van der Waals surface area contributed by atoms with E-state index in [1.807, 2.05) is 24.3 Å². The molecule has 2 bridgehead atoms. The molecular weight excluding hydrogens is 483 g/mol. The molecule has 0 radical (unpaired) electrons. The number of furan rings is 1. The minimum absolute atomic E-state index is 0. The Kier molecular flexibility index (Phi) is 7.54. The van der Waals surface area contributed by atoms with Gasteiger partial charge in [-0.05, 0) is 49.1 Å². The molecule has 1 amide bonds. The van der Waals surface area contributed by atoms with Crippen molar-refractivity contribution in [2.24, 2.45) is 4.99 Å². The predicted molar refractivity (Wildman–Crippen MR) is 121 cm³/mol. The second kappa shape index (κ2) is 10.1. The van der Waals surface area contributed by atoms with Crippen LogP contribution in [0.15, 0.2) is 52.1 Å². The van der Waals surface area contributed by atoms with E-state index in [2.05, 4.69) is 20.9 Å². The summed E-state index contributed by atoms with van der Waals surface area (Å²) in [4.78, 5) is 16.7. The lowest BCUT2D eigenvalue weighted by molar-refractivity contribution is 0.0947. The van der Waals surface area contributed by atoms with Gasteiger partial charge in [-0.15, -0.1) is 24.0 Å². The van der Waals surface area contributed by atoms with Crippen molar-refractivity contribution in [1.82, 2.24) is 16.0 Å². The lowest BCUT2D eigenvalue weighted by Crippen LogP contribution is -2.47. The highest BCUT2D eigenvalue weighted by molar-refractivity contribution is 14.0. The number of rotatable bonds is 6. The van der Waals surface area contributed by atoms with E-state index in [0.717, 1.165) is 30.1 Å². The highest BCUT2D eigenvalue weighted by Crippen LogP contribution is 2.34. The average molecular weight is 510 g/mol. The van der Waals surface area contributed by atoms with Crippen LogP contribution in [0, 0.1) is 0 Å². The van der Waals surface area contributed by atoms with Gasteiger partial charge in [-0.3, -0.25) is 9.79 Å². The highest BCUT2D eigenvalue weighted by atomic mass is 127. The lowest BCUT2D eigenvalue weighted by atomic mass is 9.96. The summed E-state index contributed by atoms with van der Waals surface area (Å²) in [7, 11) is 1.77. The minimum atomic E-state index is -0.125. The molecule has 3 unspecified atom stereocenters. The van der Waals surface area contributed by atoms with Crippen LogP contribution in [0.25, 0.3) is 0 Å². The number of nitrogens with one attached hydrogen (secondary N) is 3. The maximum Gasteiger partial charge on any atom is 0.251 e. The van der Waals surface area contributed by atoms with E-state index < -0.39 is 0 Å². The maximum absolute atomic E-state index is 12.4. The Morgan fingerprint density at radius 3 is 2.76 bits per heavy atom. The van der Waals surface area contributed by atoms with Crippen LogP contribution >= 0.6 is 24.0 Å². The molecule has 1 aromatic carbocycles. The second-order valence-corrected chi connectivity index (χ2v) is 7.25. The third-order valence-corrected chi connectivity index (χ3v) is 5.30. The third-order valence-electron chi connectivity index (χ3n) is 5.30. The molecule has 156 valence electrons. The number of fused-ring (bicyclic) bond motifs is 2. The number of benzene rings is 1. The van der Waals surface area contributed by atoms with Crippen LogP contribution in [0.1, 0.15) is 40.9 Å². The van der Waals surface area contributed by atoms with Gasteiger partial charge in [0.15, 0.2) is 5.96 Å². The van der Waals surface area contributed by atoms with E-state index in [1.54, 1.807) is 25.4 Å². The Labute approximate surface area is 187 Å². The number of hydrogen-bond acceptors (Lipinski definition) is 4. The van der Waals surface area contributed by atoms with E-state index >= 15 is 0 Å². The summed E-state index contributed by atoms with van der Waals surface area (Å²) in [6, 6.07) is 11.5. The topological polar surface area (TPSA) is 87.9 Å². The van der Waals surface area contributed by atoms with Gasteiger partial charge < -0.3 is 25.1 Å². The Bertz CT molecular complexity index is 840. The maximum atomic E-state index is 12.4. The number of aliphatic imine (C=N–C) groups is 1. The summed E-state index contributed by atoms with van der Waals surface area (Å²) in [6.45, 7) is 0.955. The molecule has 1 aromatic heterocycles. The first-order valence-electron chi connectivity index (χ1n) is 9.73. The van der Waals surface area contributed by atoms with Crippen molar-refractivity contribution in [3.05, 3.63) is 59.5 Å². The highest BCUT2D eigenvalue weighted by Gasteiger charge is 2.41. The molecule has 2 aliphatic rings. The molecule has 2 aromatic rings. The zero-order valence-corrected chi connectivity index (χ0v) is 18.7. The lowest BCUT2D eigenvalue weighted by Gasteiger charge is -2.22. The van der Waals surface area contributed by atoms with Crippen LogP contribution in [-0.2, 0) is 17.8 Å². The largest absolute Gasteiger partial charge is 0.467 e. The van der Waals surface area contributed by atoms with Crippen LogP contribution in [0.2, 0.25) is 0 Å². The van der Waals surface area contributed by atoms with Crippen LogP contribution in [0.4, 0.5) is 0 Å². The molecule has 7 nitrogen and oxygen atoms in total. The predicted octanol–water partition coefficient (Wildman–Crippen LogP) is 2.81. The smallest absolute Gasteiger partial charge is 0.251 e. The number of nitrogens with zero attached hydrogens (tertiary/aromatic N) is 1. The van der Waals surface area contributed by atoms with Gasteiger partial charge in [0.25, 0.3) is 5.91 Å². The average Bonchev–Trinajstić information content (AvgIpc) is 3.48. The molecule has 4 rings (SSSR count). The van der Waals surface area contributed by atoms with Crippen molar-refractivity contribution in [3.63, 3.8) is 0 Å². The molecule has 8 heteroatoms. The number of guanidine groups is 1. The monoisotopic (exact) mass is 510 g/mol. The van der Waals surface area contributed by atoms with Crippen molar-refractivity contribution in [3.8, 4) is 0 Å². The molecule has 3 atom stereocenters. The summed E-state index contributed by atoms with van der Waals surface area (Å²) >= 11 is 0. The minimum Gasteiger partial charge on any atom is -0.467 e. The van der Waals surface area contributed by atoms with Crippen molar-refractivity contribution in [1.29, 1.82) is 0 Å². The number of carbonyl (C=O) groups is 1. The Morgan fingerprint density at radius 1 is 1.17 bits per heavy atom. The van der Waals surface area contributed by atoms with Crippen molar-refractivity contribution >= 4 is 35.8 Å². The fourth-order valence-corrected chi connectivity index (χ4v) is 3.85. The van der Waals surface area contributed by atoms with Crippen LogP contribution < -0.4 is 16.0 Å².